The van der Waals surface area contributed by atoms with Crippen molar-refractivity contribution < 1.29 is 0 Å². The van der Waals surface area contributed by atoms with E-state index >= 15 is 0 Å². The largest absolute Gasteiger partial charge is 0.0996 e. The summed E-state index contributed by atoms with van der Waals surface area (Å²) in [6.45, 7) is 0. The zero-order valence-electron chi connectivity index (χ0n) is 13.2. The highest BCUT2D eigenvalue weighted by Gasteiger charge is 2.27. The standard InChI is InChI=1S/C20H32/c1-3-7-17(8-4-1)11-12-18-13-15-20(16-14-18)19-9-5-2-6-10-19/h17-20H,1-10,13-16H2. The molecule has 3 aliphatic carbocycles. The van der Waals surface area contributed by atoms with Crippen molar-refractivity contribution >= 4 is 0 Å². The molecule has 0 aromatic heterocycles. The van der Waals surface area contributed by atoms with Crippen LogP contribution in [0.5, 0.6) is 0 Å². The first-order valence-electron chi connectivity index (χ1n) is 9.43. The lowest BCUT2D eigenvalue weighted by Crippen LogP contribution is -2.23. The highest BCUT2D eigenvalue weighted by atomic mass is 14.3. The Morgan fingerprint density at radius 1 is 0.400 bits per heavy atom. The molecule has 0 heteroatoms. The Morgan fingerprint density at radius 2 is 0.850 bits per heavy atom. The summed E-state index contributed by atoms with van der Waals surface area (Å²) in [7, 11) is 0. The zero-order chi connectivity index (χ0) is 13.6. The van der Waals surface area contributed by atoms with Crippen LogP contribution >= 0.6 is 0 Å². The van der Waals surface area contributed by atoms with Crippen molar-refractivity contribution in [1.29, 1.82) is 0 Å². The average molecular weight is 272 g/mol. The SMILES string of the molecule is C(#CC1CCC(C2CCCCC2)CC1)C1CCCCC1. The van der Waals surface area contributed by atoms with Gasteiger partial charge in [-0.1, -0.05) is 63.2 Å². The van der Waals surface area contributed by atoms with Crippen LogP contribution in [0.15, 0.2) is 0 Å². The third-order valence-electron chi connectivity index (χ3n) is 6.19. The maximum Gasteiger partial charge on any atom is 0.0203 e. The Kier molecular flexibility index (Phi) is 5.46. The second-order valence-electron chi connectivity index (χ2n) is 7.63. The lowest BCUT2D eigenvalue weighted by Gasteiger charge is -2.34. The van der Waals surface area contributed by atoms with E-state index in [4.69, 9.17) is 0 Å². The Balaban J connectivity index is 1.42. The molecule has 3 fully saturated rings. The smallest absolute Gasteiger partial charge is 0.0203 e. The Labute approximate surface area is 126 Å². The van der Waals surface area contributed by atoms with E-state index in [1.807, 2.05) is 0 Å². The van der Waals surface area contributed by atoms with Gasteiger partial charge in [-0.25, -0.2) is 0 Å². The minimum atomic E-state index is 0.747. The van der Waals surface area contributed by atoms with Gasteiger partial charge in [-0.15, -0.1) is 0 Å². The van der Waals surface area contributed by atoms with E-state index in [0.717, 1.165) is 23.7 Å². The average Bonchev–Trinajstić information content (AvgIpc) is 2.55. The zero-order valence-corrected chi connectivity index (χ0v) is 13.2. The van der Waals surface area contributed by atoms with Crippen molar-refractivity contribution in [2.45, 2.75) is 89.9 Å². The first-order chi connectivity index (χ1) is 9.92. The van der Waals surface area contributed by atoms with Crippen LogP contribution in [0, 0.1) is 35.5 Å². The van der Waals surface area contributed by atoms with Crippen LogP contribution in [0.1, 0.15) is 89.9 Å². The summed E-state index contributed by atoms with van der Waals surface area (Å²) in [5.41, 5.74) is 0. The van der Waals surface area contributed by atoms with Crippen molar-refractivity contribution in [2.24, 2.45) is 23.7 Å². The first-order valence-corrected chi connectivity index (χ1v) is 9.43. The Hall–Kier alpha value is -0.440. The van der Waals surface area contributed by atoms with Crippen LogP contribution in [0.25, 0.3) is 0 Å². The van der Waals surface area contributed by atoms with Crippen molar-refractivity contribution in [3.63, 3.8) is 0 Å². The first kappa shape index (κ1) is 14.5. The molecule has 0 atom stereocenters. The van der Waals surface area contributed by atoms with Crippen LogP contribution in [-0.4, -0.2) is 0 Å². The second kappa shape index (κ2) is 7.53. The van der Waals surface area contributed by atoms with Crippen molar-refractivity contribution in [3.8, 4) is 11.8 Å². The molecule has 0 N–H and O–H groups in total. The molecule has 0 aromatic carbocycles. The van der Waals surface area contributed by atoms with Gasteiger partial charge in [-0.2, -0.15) is 0 Å². The lowest BCUT2D eigenvalue weighted by molar-refractivity contribution is 0.182. The van der Waals surface area contributed by atoms with Crippen molar-refractivity contribution in [3.05, 3.63) is 0 Å². The molecule has 20 heavy (non-hydrogen) atoms. The highest BCUT2D eigenvalue weighted by Crippen LogP contribution is 2.39. The van der Waals surface area contributed by atoms with E-state index in [-0.39, 0.29) is 0 Å². The number of hydrogen-bond donors (Lipinski definition) is 0. The molecule has 0 amide bonds. The fraction of sp³-hybridized carbons (Fsp3) is 0.900. The summed E-state index contributed by atoms with van der Waals surface area (Å²) in [4.78, 5) is 0. The van der Waals surface area contributed by atoms with Crippen molar-refractivity contribution in [2.75, 3.05) is 0 Å². The molecule has 0 unspecified atom stereocenters. The summed E-state index contributed by atoms with van der Waals surface area (Å²) in [5.74, 6) is 10.9. The third-order valence-corrected chi connectivity index (χ3v) is 6.19. The third kappa shape index (κ3) is 4.03. The molecule has 0 aromatic rings. The van der Waals surface area contributed by atoms with E-state index in [2.05, 4.69) is 11.8 Å². The maximum atomic E-state index is 3.66. The van der Waals surface area contributed by atoms with Crippen LogP contribution in [0.2, 0.25) is 0 Å². The molecule has 3 rings (SSSR count). The molecule has 0 heterocycles. The van der Waals surface area contributed by atoms with Gasteiger partial charge >= 0.3 is 0 Å². The number of hydrogen-bond acceptors (Lipinski definition) is 0. The van der Waals surface area contributed by atoms with Crippen molar-refractivity contribution in [1.82, 2.24) is 0 Å². The van der Waals surface area contributed by atoms with Gasteiger partial charge in [0.05, 0.1) is 0 Å². The predicted octanol–water partition coefficient (Wildman–Crippen LogP) is 5.96. The summed E-state index contributed by atoms with van der Waals surface area (Å²) in [6, 6.07) is 0. The van der Waals surface area contributed by atoms with Crippen LogP contribution in [0.3, 0.4) is 0 Å². The van der Waals surface area contributed by atoms with E-state index in [1.165, 1.54) is 89.9 Å². The fourth-order valence-electron chi connectivity index (χ4n) is 4.82. The lowest BCUT2D eigenvalue weighted by atomic mass is 9.71. The van der Waals surface area contributed by atoms with E-state index in [0.29, 0.717) is 0 Å². The summed E-state index contributed by atoms with van der Waals surface area (Å²) < 4.78 is 0. The molecule has 0 saturated heterocycles. The van der Waals surface area contributed by atoms with E-state index < -0.39 is 0 Å². The monoisotopic (exact) mass is 272 g/mol. The molecular formula is C20H32. The quantitative estimate of drug-likeness (QED) is 0.517. The predicted molar refractivity (Wildman–Crippen MR) is 86.4 cm³/mol. The molecule has 3 saturated carbocycles. The number of rotatable bonds is 1. The summed E-state index contributed by atoms with van der Waals surface area (Å²) in [5, 5.41) is 0. The molecule has 0 nitrogen and oxygen atoms in total. The van der Waals surface area contributed by atoms with Gasteiger partial charge in [0.1, 0.15) is 0 Å². The second-order valence-corrected chi connectivity index (χ2v) is 7.63. The van der Waals surface area contributed by atoms with E-state index in [9.17, 15) is 0 Å². The molecule has 0 aliphatic heterocycles. The molecular weight excluding hydrogens is 240 g/mol. The molecule has 0 spiro atoms. The minimum Gasteiger partial charge on any atom is -0.0996 e. The molecule has 0 radical (unpaired) electrons. The highest BCUT2D eigenvalue weighted by molar-refractivity contribution is 5.08. The van der Waals surface area contributed by atoms with Gasteiger partial charge in [-0.05, 0) is 50.4 Å². The van der Waals surface area contributed by atoms with Gasteiger partial charge in [0.25, 0.3) is 0 Å². The van der Waals surface area contributed by atoms with Crippen LogP contribution in [0.4, 0.5) is 0 Å². The minimum absolute atomic E-state index is 0.747. The maximum absolute atomic E-state index is 3.66. The topological polar surface area (TPSA) is 0 Å². The Bertz CT molecular complexity index is 325. The van der Waals surface area contributed by atoms with Gasteiger partial charge in [0.2, 0.25) is 0 Å². The Morgan fingerprint density at radius 3 is 1.45 bits per heavy atom. The van der Waals surface area contributed by atoms with E-state index in [1.54, 1.807) is 0 Å². The molecule has 0 bridgehead atoms. The van der Waals surface area contributed by atoms with Gasteiger partial charge in [-0.3, -0.25) is 0 Å². The normalized spacial score (nSPS) is 33.4. The molecule has 3 aliphatic rings. The van der Waals surface area contributed by atoms with Gasteiger partial charge in [0, 0.05) is 11.8 Å². The fourth-order valence-corrected chi connectivity index (χ4v) is 4.82. The van der Waals surface area contributed by atoms with Gasteiger partial charge < -0.3 is 0 Å². The van der Waals surface area contributed by atoms with Crippen LogP contribution in [-0.2, 0) is 0 Å². The summed E-state index contributed by atoms with van der Waals surface area (Å²) >= 11 is 0. The van der Waals surface area contributed by atoms with Crippen LogP contribution < -0.4 is 0 Å². The summed E-state index contributed by atoms with van der Waals surface area (Å²) in [6.07, 6.45) is 20.4. The van der Waals surface area contributed by atoms with Gasteiger partial charge in [0.15, 0.2) is 0 Å². The molecule has 112 valence electrons.